The van der Waals surface area contributed by atoms with Crippen LogP contribution in [0.1, 0.15) is 51.6 Å². The molecule has 0 bridgehead atoms. The molecule has 43 heavy (non-hydrogen) atoms. The summed E-state index contributed by atoms with van der Waals surface area (Å²) in [6, 6.07) is 2.15. The van der Waals surface area contributed by atoms with Gasteiger partial charge in [0.25, 0.3) is 5.56 Å². The van der Waals surface area contributed by atoms with E-state index in [9.17, 15) is 19.2 Å². The molecule has 0 saturated carbocycles. The van der Waals surface area contributed by atoms with E-state index in [0.717, 1.165) is 29.7 Å². The standard InChI is InChI=1S/C28H38IN8O5P/c1-28(2,3)14-13-18-23-24(31-17-30-18)37(43-29)21(34-23)16-36-15-9-11-20(26(36)40)32-25(39)19(33-27(41)42-6)10-7-8-12-22(38)35(4)5/h8-9,11-12,15,17,19,43H,7,10,13-14,16H2,1-6H3,(H,32,39)(H,33,41)/b12-8+/t19-/m0/s1. The van der Waals surface area contributed by atoms with E-state index in [-0.39, 0.29) is 30.0 Å². The molecule has 3 heterocycles. The molecule has 3 aromatic rings. The Hall–Kier alpha value is -3.39. The maximum atomic E-state index is 13.4. The van der Waals surface area contributed by atoms with Gasteiger partial charge in [0, 0.05) is 20.3 Å². The zero-order valence-electron chi connectivity index (χ0n) is 25.2. The maximum Gasteiger partial charge on any atom is 0.407 e. The number of amides is 3. The highest BCUT2D eigenvalue weighted by atomic mass is 127. The molecule has 0 spiro atoms. The van der Waals surface area contributed by atoms with Crippen LogP contribution < -0.4 is 16.2 Å². The number of nitrogens with zero attached hydrogens (tertiary/aromatic N) is 6. The number of ether oxygens (including phenoxy) is 1. The van der Waals surface area contributed by atoms with Crippen LogP contribution in [-0.2, 0) is 27.3 Å². The van der Waals surface area contributed by atoms with E-state index in [1.165, 1.54) is 28.7 Å². The molecular weight excluding hydrogens is 686 g/mol. The lowest BCUT2D eigenvalue weighted by Gasteiger charge is -2.17. The first kappa shape index (κ1) is 34.1. The number of pyridine rings is 1. The number of allylic oxidation sites excluding steroid dienone is 1. The van der Waals surface area contributed by atoms with Gasteiger partial charge < -0.3 is 24.8 Å². The SMILES string of the molecule is COC(=O)N[C@@H](CC/C=C/C(=O)N(C)C)C(=O)Nc1cccn(Cc2nc3c(CCC(C)(C)C)ncnc3n2PI)c1=O. The van der Waals surface area contributed by atoms with Crippen molar-refractivity contribution in [2.75, 3.05) is 26.5 Å². The normalized spacial score (nSPS) is 12.6. The second-order valence-corrected chi connectivity index (χ2v) is 13.3. The molecule has 15 heteroatoms. The first-order valence-electron chi connectivity index (χ1n) is 13.6. The smallest absolute Gasteiger partial charge is 0.407 e. The molecule has 0 aliphatic rings. The first-order chi connectivity index (χ1) is 20.3. The van der Waals surface area contributed by atoms with Gasteiger partial charge in [0.1, 0.15) is 29.4 Å². The van der Waals surface area contributed by atoms with Gasteiger partial charge in [-0.15, -0.1) is 0 Å². The maximum absolute atomic E-state index is 13.4. The quantitative estimate of drug-likeness (QED) is 0.162. The number of aromatic nitrogens is 5. The second kappa shape index (κ2) is 15.4. The monoisotopic (exact) mass is 724 g/mol. The third-order valence-corrected chi connectivity index (χ3v) is 8.58. The largest absolute Gasteiger partial charge is 0.453 e. The highest BCUT2D eigenvalue weighted by Gasteiger charge is 2.23. The third-order valence-electron chi connectivity index (χ3n) is 6.49. The number of hydrogen-bond donors (Lipinski definition) is 2. The van der Waals surface area contributed by atoms with E-state index in [1.54, 1.807) is 38.8 Å². The Morgan fingerprint density at radius 2 is 1.98 bits per heavy atom. The summed E-state index contributed by atoms with van der Waals surface area (Å²) in [4.78, 5) is 65.5. The number of aryl methyl sites for hydroxylation is 1. The van der Waals surface area contributed by atoms with Crippen molar-refractivity contribution in [3.05, 3.63) is 58.7 Å². The van der Waals surface area contributed by atoms with Gasteiger partial charge in [-0.1, -0.05) is 26.8 Å². The summed E-state index contributed by atoms with van der Waals surface area (Å²) in [5.74, 6) is -0.140. The molecule has 3 aromatic heterocycles. The van der Waals surface area contributed by atoms with Gasteiger partial charge in [0.15, 0.2) is 5.65 Å². The number of methoxy groups -OCH3 is 1. The van der Waals surface area contributed by atoms with Crippen LogP contribution >= 0.6 is 28.4 Å². The minimum atomic E-state index is -1.01. The number of imidazole rings is 1. The van der Waals surface area contributed by atoms with E-state index < -0.39 is 23.6 Å². The van der Waals surface area contributed by atoms with Crippen LogP contribution in [0.2, 0.25) is 0 Å². The molecule has 0 fully saturated rings. The minimum absolute atomic E-state index is 0.0488. The van der Waals surface area contributed by atoms with Crippen molar-refractivity contribution < 1.29 is 19.1 Å². The lowest BCUT2D eigenvalue weighted by atomic mass is 9.90. The molecule has 0 aliphatic carbocycles. The van der Waals surface area contributed by atoms with Gasteiger partial charge in [0.05, 0.1) is 25.7 Å². The molecule has 13 nitrogen and oxygen atoms in total. The molecule has 3 amide bonds. The molecule has 2 N–H and O–H groups in total. The van der Waals surface area contributed by atoms with Crippen LogP contribution in [0.4, 0.5) is 10.5 Å². The number of carbonyl (C=O) groups excluding carboxylic acids is 3. The third kappa shape index (κ3) is 9.55. The van der Waals surface area contributed by atoms with Crippen molar-refractivity contribution in [3.8, 4) is 0 Å². The summed E-state index contributed by atoms with van der Waals surface area (Å²) in [6.45, 7) is 6.69. The van der Waals surface area contributed by atoms with Crippen molar-refractivity contribution in [3.63, 3.8) is 0 Å². The molecule has 232 valence electrons. The Bertz CT molecular complexity index is 1550. The Morgan fingerprint density at radius 1 is 1.23 bits per heavy atom. The summed E-state index contributed by atoms with van der Waals surface area (Å²) in [5, 5.41) is 5.13. The van der Waals surface area contributed by atoms with Crippen molar-refractivity contribution in [1.29, 1.82) is 0 Å². The molecule has 2 atom stereocenters. The van der Waals surface area contributed by atoms with Crippen molar-refractivity contribution in [2.45, 2.75) is 59.0 Å². The van der Waals surface area contributed by atoms with E-state index in [4.69, 9.17) is 4.98 Å². The summed E-state index contributed by atoms with van der Waals surface area (Å²) in [7, 11) is 4.45. The van der Waals surface area contributed by atoms with Gasteiger partial charge in [-0.05, 0) is 71.3 Å². The number of alkyl carbamates (subject to hydrolysis) is 1. The Morgan fingerprint density at radius 3 is 2.63 bits per heavy atom. The molecular formula is C28H38IN8O5P. The molecule has 0 radical (unpaired) electrons. The zero-order chi connectivity index (χ0) is 31.7. The molecule has 0 aromatic carbocycles. The molecule has 0 aliphatic heterocycles. The van der Waals surface area contributed by atoms with Crippen LogP contribution in [0.15, 0.2) is 41.6 Å². The average molecular weight is 725 g/mol. The summed E-state index contributed by atoms with van der Waals surface area (Å²) in [5.41, 5.74) is 2.07. The van der Waals surface area contributed by atoms with E-state index in [0.29, 0.717) is 18.6 Å². The van der Waals surface area contributed by atoms with Crippen LogP contribution in [0.25, 0.3) is 11.2 Å². The predicted octanol–water partition coefficient (Wildman–Crippen LogP) is 3.89. The zero-order valence-corrected chi connectivity index (χ0v) is 28.3. The number of halogens is 1. The van der Waals surface area contributed by atoms with Gasteiger partial charge >= 0.3 is 6.09 Å². The summed E-state index contributed by atoms with van der Waals surface area (Å²) < 4.78 is 8.10. The second-order valence-electron chi connectivity index (χ2n) is 11.2. The molecule has 3 rings (SSSR count). The number of likely N-dealkylation sites (N-methyl/N-ethyl adjacent to an activating group) is 1. The number of rotatable bonds is 12. The van der Waals surface area contributed by atoms with Gasteiger partial charge in [-0.3, -0.25) is 18.7 Å². The van der Waals surface area contributed by atoms with Crippen molar-refractivity contribution in [1.82, 2.24) is 34.1 Å². The van der Waals surface area contributed by atoms with Crippen molar-refractivity contribution >= 4 is 63.2 Å². The highest BCUT2D eigenvalue weighted by molar-refractivity contribution is 14.2. The number of fused-ring (bicyclic) bond motifs is 1. The summed E-state index contributed by atoms with van der Waals surface area (Å²) >= 11 is 2.26. The van der Waals surface area contributed by atoms with Crippen LogP contribution in [0.5, 0.6) is 0 Å². The van der Waals surface area contributed by atoms with E-state index >= 15 is 0 Å². The fourth-order valence-electron chi connectivity index (χ4n) is 4.05. The average Bonchev–Trinajstić information content (AvgIpc) is 3.32. The van der Waals surface area contributed by atoms with Gasteiger partial charge in [-0.25, -0.2) is 19.7 Å². The van der Waals surface area contributed by atoms with Crippen LogP contribution in [-0.4, -0.2) is 73.9 Å². The lowest BCUT2D eigenvalue weighted by molar-refractivity contribution is -0.123. The highest BCUT2D eigenvalue weighted by Crippen LogP contribution is 2.32. The van der Waals surface area contributed by atoms with Crippen LogP contribution in [0, 0.1) is 5.41 Å². The Kier molecular flexibility index (Phi) is 12.2. The fourth-order valence-corrected chi connectivity index (χ4v) is 6.03. The Labute approximate surface area is 265 Å². The number of nitrogens with one attached hydrogen (secondary N) is 2. The van der Waals surface area contributed by atoms with Gasteiger partial charge in [0.2, 0.25) is 11.8 Å². The predicted molar refractivity (Wildman–Crippen MR) is 176 cm³/mol. The van der Waals surface area contributed by atoms with E-state index in [1.807, 2.05) is 4.34 Å². The number of carbonyl (C=O) groups is 3. The first-order valence-corrected chi connectivity index (χ1v) is 17.7. The number of hydrogen-bond acceptors (Lipinski definition) is 8. The fraction of sp³-hybridized carbons (Fsp3) is 0.464. The van der Waals surface area contributed by atoms with Crippen LogP contribution in [0.3, 0.4) is 0 Å². The number of anilines is 1. The Balaban J connectivity index is 1.83. The van der Waals surface area contributed by atoms with E-state index in [2.05, 4.69) is 68.2 Å². The lowest BCUT2D eigenvalue weighted by Crippen LogP contribution is -2.44. The topological polar surface area (TPSA) is 153 Å². The molecule has 1 unspecified atom stereocenters. The van der Waals surface area contributed by atoms with Crippen molar-refractivity contribution in [2.24, 2.45) is 5.41 Å². The van der Waals surface area contributed by atoms with Gasteiger partial charge in [-0.2, -0.15) is 0 Å². The summed E-state index contributed by atoms with van der Waals surface area (Å²) in [6.07, 6.45) is 7.90. The minimum Gasteiger partial charge on any atom is -0.453 e. The molecule has 0 saturated heterocycles.